The third kappa shape index (κ3) is 3.97. The number of aliphatic imine (C=N–C) groups is 1. The van der Waals surface area contributed by atoms with Crippen LogP contribution in [0, 0.1) is 11.8 Å². The number of rotatable bonds is 4. The molecule has 0 spiro atoms. The van der Waals surface area contributed by atoms with Crippen LogP contribution in [-0.4, -0.2) is 30.5 Å². The van der Waals surface area contributed by atoms with Gasteiger partial charge in [0, 0.05) is 28.8 Å². The van der Waals surface area contributed by atoms with E-state index in [0.29, 0.717) is 18.4 Å². The third-order valence-electron chi connectivity index (χ3n) is 7.39. The van der Waals surface area contributed by atoms with Crippen molar-refractivity contribution in [3.8, 4) is 0 Å². The molecule has 6 rings (SSSR count). The van der Waals surface area contributed by atoms with Gasteiger partial charge in [-0.2, -0.15) is 0 Å². The topological polar surface area (TPSA) is 76.0 Å². The van der Waals surface area contributed by atoms with Gasteiger partial charge in [-0.1, -0.05) is 30.3 Å². The predicted molar refractivity (Wildman–Crippen MR) is 139 cm³/mol. The maximum atomic E-state index is 13.9. The lowest BCUT2D eigenvalue weighted by molar-refractivity contribution is -0.123. The standard InChI is InChI=1S/C29H26N2O4S/c1-35-29(34)19-12-8-17(9-13-19)27-26-22(15-20(16-24(26)32)25-7-4-14-36-25)30-21-5-2-3-6-23(21)31(27)28(33)18-10-11-18/h2-9,12-14,18,20,26-27H,10-11,15-16H2,1H3. The number of esters is 1. The van der Waals surface area contributed by atoms with Crippen LogP contribution in [-0.2, 0) is 14.3 Å². The van der Waals surface area contributed by atoms with Crippen molar-refractivity contribution < 1.29 is 19.1 Å². The zero-order valence-corrected chi connectivity index (χ0v) is 20.7. The lowest BCUT2D eigenvalue weighted by Crippen LogP contribution is -2.46. The molecule has 2 aliphatic carbocycles. The number of carbonyl (C=O) groups is 3. The Morgan fingerprint density at radius 3 is 2.47 bits per heavy atom. The number of anilines is 1. The average Bonchev–Trinajstić information content (AvgIpc) is 3.64. The Hall–Kier alpha value is -3.58. The van der Waals surface area contributed by atoms with Crippen molar-refractivity contribution in [3.63, 3.8) is 0 Å². The van der Waals surface area contributed by atoms with Gasteiger partial charge in [0.1, 0.15) is 5.78 Å². The maximum absolute atomic E-state index is 13.9. The molecule has 1 aromatic heterocycles. The van der Waals surface area contributed by atoms with E-state index in [0.717, 1.165) is 35.5 Å². The number of Topliss-reactive ketones (excluding diaryl/α,β-unsaturated/α-hetero) is 1. The number of hydrogen-bond acceptors (Lipinski definition) is 6. The number of hydrogen-bond donors (Lipinski definition) is 0. The molecular weight excluding hydrogens is 472 g/mol. The molecule has 2 saturated carbocycles. The smallest absolute Gasteiger partial charge is 0.337 e. The number of benzene rings is 2. The molecule has 3 aliphatic rings. The van der Waals surface area contributed by atoms with Gasteiger partial charge in [0.2, 0.25) is 5.91 Å². The summed E-state index contributed by atoms with van der Waals surface area (Å²) in [5, 5.41) is 2.04. The number of ether oxygens (including phenoxy) is 1. The van der Waals surface area contributed by atoms with E-state index in [1.165, 1.54) is 12.0 Å². The van der Waals surface area contributed by atoms with Gasteiger partial charge >= 0.3 is 5.97 Å². The van der Waals surface area contributed by atoms with Crippen molar-refractivity contribution in [2.45, 2.75) is 37.6 Å². The van der Waals surface area contributed by atoms with Crippen molar-refractivity contribution in [1.82, 2.24) is 0 Å². The maximum Gasteiger partial charge on any atom is 0.337 e. The zero-order valence-electron chi connectivity index (χ0n) is 19.9. The summed E-state index contributed by atoms with van der Waals surface area (Å²) in [5.41, 5.74) is 3.52. The van der Waals surface area contributed by atoms with Gasteiger partial charge in [0.15, 0.2) is 0 Å². The highest BCUT2D eigenvalue weighted by molar-refractivity contribution is 7.10. The average molecular weight is 499 g/mol. The van der Waals surface area contributed by atoms with Crippen molar-refractivity contribution in [3.05, 3.63) is 82.0 Å². The van der Waals surface area contributed by atoms with Gasteiger partial charge < -0.3 is 9.64 Å². The Morgan fingerprint density at radius 1 is 1.00 bits per heavy atom. The van der Waals surface area contributed by atoms with Gasteiger partial charge in [0.05, 0.1) is 36.0 Å². The summed E-state index contributed by atoms with van der Waals surface area (Å²) in [6.07, 6.45) is 2.81. The fraction of sp³-hybridized carbons (Fsp3) is 0.310. The molecule has 2 aromatic carbocycles. The molecule has 0 N–H and O–H groups in total. The van der Waals surface area contributed by atoms with Gasteiger partial charge in [-0.15, -0.1) is 11.3 Å². The second-order valence-electron chi connectivity index (χ2n) is 9.70. The van der Waals surface area contributed by atoms with Crippen molar-refractivity contribution in [1.29, 1.82) is 0 Å². The number of fused-ring (bicyclic) bond motifs is 2. The Labute approximate surface area is 213 Å². The normalized spacial score (nSPS) is 23.2. The second-order valence-corrected chi connectivity index (χ2v) is 10.7. The van der Waals surface area contributed by atoms with E-state index in [9.17, 15) is 14.4 Å². The van der Waals surface area contributed by atoms with Crippen LogP contribution in [0.3, 0.4) is 0 Å². The van der Waals surface area contributed by atoms with Gasteiger partial charge in [-0.05, 0) is 60.5 Å². The highest BCUT2D eigenvalue weighted by Gasteiger charge is 2.48. The number of ketones is 1. The van der Waals surface area contributed by atoms with E-state index in [1.807, 2.05) is 52.7 Å². The van der Waals surface area contributed by atoms with E-state index in [-0.39, 0.29) is 23.5 Å². The van der Waals surface area contributed by atoms with Gasteiger partial charge in [-0.25, -0.2) is 4.79 Å². The zero-order chi connectivity index (χ0) is 24.8. The molecule has 182 valence electrons. The number of amides is 1. The minimum Gasteiger partial charge on any atom is -0.465 e. The van der Waals surface area contributed by atoms with Crippen LogP contribution in [0.25, 0.3) is 0 Å². The minimum atomic E-state index is -0.541. The Morgan fingerprint density at radius 2 is 1.78 bits per heavy atom. The van der Waals surface area contributed by atoms with Crippen LogP contribution in [0.4, 0.5) is 11.4 Å². The Balaban J connectivity index is 1.50. The molecule has 0 saturated heterocycles. The first-order chi connectivity index (χ1) is 17.5. The van der Waals surface area contributed by atoms with E-state index in [4.69, 9.17) is 9.73 Å². The lowest BCUT2D eigenvalue weighted by Gasteiger charge is -2.39. The van der Waals surface area contributed by atoms with Crippen LogP contribution >= 0.6 is 11.3 Å². The summed E-state index contributed by atoms with van der Waals surface area (Å²) in [6.45, 7) is 0. The first-order valence-corrected chi connectivity index (χ1v) is 13.2. The molecule has 0 radical (unpaired) electrons. The van der Waals surface area contributed by atoms with E-state index in [2.05, 4.69) is 6.07 Å². The fourth-order valence-electron chi connectivity index (χ4n) is 5.48. The summed E-state index contributed by atoms with van der Waals surface area (Å²) in [7, 11) is 1.35. The van der Waals surface area contributed by atoms with E-state index >= 15 is 0 Å². The highest BCUT2D eigenvalue weighted by Crippen LogP contribution is 2.49. The molecule has 3 aromatic rings. The van der Waals surface area contributed by atoms with Gasteiger partial charge in [0.25, 0.3) is 0 Å². The minimum absolute atomic E-state index is 0.0333. The summed E-state index contributed by atoms with van der Waals surface area (Å²) in [4.78, 5) is 47.8. The molecule has 36 heavy (non-hydrogen) atoms. The molecular formula is C29H26N2O4S. The first-order valence-electron chi connectivity index (χ1n) is 12.3. The molecule has 3 unspecified atom stereocenters. The molecule has 3 atom stereocenters. The molecule has 7 heteroatoms. The number of carbonyl (C=O) groups excluding carboxylic acids is 3. The number of nitrogens with zero attached hydrogens (tertiary/aromatic N) is 2. The predicted octanol–water partition coefficient (Wildman–Crippen LogP) is 5.87. The van der Waals surface area contributed by atoms with Crippen molar-refractivity contribution in [2.75, 3.05) is 12.0 Å². The van der Waals surface area contributed by atoms with Crippen molar-refractivity contribution >= 4 is 46.1 Å². The third-order valence-corrected chi connectivity index (χ3v) is 8.43. The SMILES string of the molecule is COC(=O)c1ccc(C2C3C(=O)CC(c4cccs4)CC3=Nc3ccccc3N2C(=O)C2CC2)cc1. The molecule has 1 aliphatic heterocycles. The Bertz CT molecular complexity index is 1360. The molecule has 2 heterocycles. The highest BCUT2D eigenvalue weighted by atomic mass is 32.1. The summed E-state index contributed by atoms with van der Waals surface area (Å²) < 4.78 is 4.86. The monoisotopic (exact) mass is 498 g/mol. The fourth-order valence-corrected chi connectivity index (χ4v) is 6.31. The van der Waals surface area contributed by atoms with Crippen LogP contribution in [0.2, 0.25) is 0 Å². The van der Waals surface area contributed by atoms with E-state index in [1.54, 1.807) is 23.5 Å². The molecule has 0 bridgehead atoms. The summed E-state index contributed by atoms with van der Waals surface area (Å²) in [5.74, 6) is -0.772. The number of thiophene rings is 1. The van der Waals surface area contributed by atoms with Crippen LogP contribution in [0.15, 0.2) is 71.0 Å². The molecule has 1 amide bonds. The van der Waals surface area contributed by atoms with Crippen LogP contribution < -0.4 is 4.90 Å². The number of methoxy groups -OCH3 is 1. The quantitative estimate of drug-likeness (QED) is 0.422. The summed E-state index contributed by atoms with van der Waals surface area (Å²) >= 11 is 1.67. The molecule has 2 fully saturated rings. The van der Waals surface area contributed by atoms with Gasteiger partial charge in [-0.3, -0.25) is 14.6 Å². The second kappa shape index (κ2) is 9.13. The van der Waals surface area contributed by atoms with Crippen LogP contribution in [0.5, 0.6) is 0 Å². The lowest BCUT2D eigenvalue weighted by atomic mass is 9.73. The van der Waals surface area contributed by atoms with Crippen molar-refractivity contribution in [2.24, 2.45) is 16.8 Å². The first kappa shape index (κ1) is 22.9. The number of para-hydroxylation sites is 2. The Kier molecular flexibility index (Phi) is 5.80. The largest absolute Gasteiger partial charge is 0.465 e. The van der Waals surface area contributed by atoms with Crippen LogP contribution in [0.1, 0.15) is 58.4 Å². The molecule has 6 nitrogen and oxygen atoms in total. The van der Waals surface area contributed by atoms with E-state index < -0.39 is 17.9 Å². The summed E-state index contributed by atoms with van der Waals surface area (Å²) in [6, 6.07) is 18.4.